The minimum atomic E-state index is -0.0339. The minimum absolute atomic E-state index is 0.0339. The molecule has 1 aromatic heterocycles. The number of aliphatic hydroxyl groups excluding tert-OH is 1. The third-order valence-corrected chi connectivity index (χ3v) is 2.91. The maximum atomic E-state index is 9.11. The first kappa shape index (κ1) is 8.99. The summed E-state index contributed by atoms with van der Waals surface area (Å²) in [6.45, 7) is -0.0339. The van der Waals surface area contributed by atoms with Crippen LogP contribution in [-0.2, 0) is 6.61 Å². The molecule has 13 heavy (non-hydrogen) atoms. The van der Waals surface area contributed by atoms with E-state index in [2.05, 4.69) is 26.1 Å². The van der Waals surface area contributed by atoms with Crippen molar-refractivity contribution in [3.8, 4) is 0 Å². The van der Waals surface area contributed by atoms with Crippen molar-refractivity contribution in [3.05, 3.63) is 27.3 Å². The molecular weight excluding hydrogens is 255 g/mol. The van der Waals surface area contributed by atoms with E-state index in [1.54, 1.807) is 12.3 Å². The highest BCUT2D eigenvalue weighted by molar-refractivity contribution is 9.10. The van der Waals surface area contributed by atoms with Gasteiger partial charge < -0.3 is 5.11 Å². The Morgan fingerprint density at radius 3 is 3.08 bits per heavy atom. The van der Waals surface area contributed by atoms with Gasteiger partial charge in [-0.15, -0.1) is 0 Å². The van der Waals surface area contributed by atoms with E-state index in [1.807, 2.05) is 0 Å². The molecule has 0 bridgehead atoms. The van der Waals surface area contributed by atoms with Crippen LogP contribution in [0.25, 0.3) is 10.9 Å². The van der Waals surface area contributed by atoms with E-state index in [0.717, 1.165) is 20.9 Å². The van der Waals surface area contributed by atoms with Crippen molar-refractivity contribution in [1.29, 1.82) is 0 Å². The summed E-state index contributed by atoms with van der Waals surface area (Å²) in [5, 5.41) is 17.2. The van der Waals surface area contributed by atoms with Crippen molar-refractivity contribution in [1.82, 2.24) is 10.2 Å². The van der Waals surface area contributed by atoms with Gasteiger partial charge in [0.15, 0.2) is 0 Å². The smallest absolute Gasteiger partial charge is 0.0840 e. The number of rotatable bonds is 1. The average molecular weight is 262 g/mol. The summed E-state index contributed by atoms with van der Waals surface area (Å²) in [5.41, 5.74) is 1.56. The molecule has 68 valence electrons. The second kappa shape index (κ2) is 3.29. The fourth-order valence-corrected chi connectivity index (χ4v) is 2.21. The Bertz CT molecular complexity index is 455. The fourth-order valence-electron chi connectivity index (χ4n) is 1.26. The summed E-state index contributed by atoms with van der Waals surface area (Å²) >= 11 is 9.28. The summed E-state index contributed by atoms with van der Waals surface area (Å²) in [4.78, 5) is 0. The highest BCUT2D eigenvalue weighted by Gasteiger charge is 2.09. The molecule has 2 aromatic rings. The molecule has 1 aromatic carbocycles. The fraction of sp³-hybridized carbons (Fsp3) is 0.125. The number of benzene rings is 1. The molecule has 1 heterocycles. The van der Waals surface area contributed by atoms with Gasteiger partial charge in [0.2, 0.25) is 0 Å². The standard InChI is InChI=1S/C8H6BrClN2O/c9-6-1-7(10)8-4(2-11-12-8)5(6)3-13/h1-2,13H,3H2,(H,11,12). The van der Waals surface area contributed by atoms with Gasteiger partial charge >= 0.3 is 0 Å². The van der Waals surface area contributed by atoms with Gasteiger partial charge in [-0.2, -0.15) is 5.10 Å². The number of H-pyrrole nitrogens is 1. The van der Waals surface area contributed by atoms with Crippen LogP contribution in [0.1, 0.15) is 5.56 Å². The van der Waals surface area contributed by atoms with Crippen LogP contribution in [0.5, 0.6) is 0 Å². The van der Waals surface area contributed by atoms with Gasteiger partial charge in [-0.3, -0.25) is 5.10 Å². The molecule has 0 saturated carbocycles. The lowest BCUT2D eigenvalue weighted by atomic mass is 10.1. The van der Waals surface area contributed by atoms with Crippen LogP contribution >= 0.6 is 27.5 Å². The predicted molar refractivity (Wildman–Crippen MR) is 54.7 cm³/mol. The van der Waals surface area contributed by atoms with E-state index in [-0.39, 0.29) is 6.61 Å². The van der Waals surface area contributed by atoms with Crippen molar-refractivity contribution in [2.24, 2.45) is 0 Å². The van der Waals surface area contributed by atoms with E-state index in [1.165, 1.54) is 0 Å². The number of fused-ring (bicyclic) bond motifs is 1. The molecule has 0 aliphatic rings. The van der Waals surface area contributed by atoms with E-state index in [9.17, 15) is 0 Å². The molecule has 0 saturated heterocycles. The Morgan fingerprint density at radius 1 is 1.62 bits per heavy atom. The number of nitrogens with one attached hydrogen (secondary N) is 1. The van der Waals surface area contributed by atoms with Crippen molar-refractivity contribution in [2.75, 3.05) is 0 Å². The largest absolute Gasteiger partial charge is 0.392 e. The topological polar surface area (TPSA) is 48.9 Å². The van der Waals surface area contributed by atoms with Gasteiger partial charge in [-0.05, 0) is 6.07 Å². The molecule has 0 unspecified atom stereocenters. The lowest BCUT2D eigenvalue weighted by Gasteiger charge is -2.03. The van der Waals surface area contributed by atoms with Crippen LogP contribution in [0.4, 0.5) is 0 Å². The summed E-state index contributed by atoms with van der Waals surface area (Å²) < 4.78 is 0.800. The summed E-state index contributed by atoms with van der Waals surface area (Å²) in [5.74, 6) is 0. The van der Waals surface area contributed by atoms with Crippen LogP contribution in [-0.4, -0.2) is 15.3 Å². The molecule has 2 rings (SSSR count). The SMILES string of the molecule is OCc1c(Br)cc(Cl)c2[nH]ncc12. The Morgan fingerprint density at radius 2 is 2.38 bits per heavy atom. The third kappa shape index (κ3) is 1.35. The number of nitrogens with zero attached hydrogens (tertiary/aromatic N) is 1. The van der Waals surface area contributed by atoms with E-state index in [0.29, 0.717) is 5.02 Å². The van der Waals surface area contributed by atoms with Crippen LogP contribution in [0.3, 0.4) is 0 Å². The number of halogens is 2. The van der Waals surface area contributed by atoms with Gasteiger partial charge in [0, 0.05) is 15.4 Å². The van der Waals surface area contributed by atoms with E-state index in [4.69, 9.17) is 16.7 Å². The highest BCUT2D eigenvalue weighted by atomic mass is 79.9. The number of aromatic amines is 1. The molecule has 2 N–H and O–H groups in total. The molecule has 0 spiro atoms. The number of hydrogen-bond donors (Lipinski definition) is 2. The Balaban J connectivity index is 2.88. The monoisotopic (exact) mass is 260 g/mol. The summed E-state index contributed by atoms with van der Waals surface area (Å²) in [6, 6.07) is 1.74. The zero-order valence-electron chi connectivity index (χ0n) is 6.51. The molecule has 0 atom stereocenters. The van der Waals surface area contributed by atoms with Gasteiger partial charge in [0.25, 0.3) is 0 Å². The van der Waals surface area contributed by atoms with Crippen molar-refractivity contribution >= 4 is 38.4 Å². The van der Waals surface area contributed by atoms with Crippen LogP contribution in [0.2, 0.25) is 5.02 Å². The first-order chi connectivity index (χ1) is 6.24. The van der Waals surface area contributed by atoms with E-state index >= 15 is 0 Å². The molecule has 0 fully saturated rings. The van der Waals surface area contributed by atoms with Crippen LogP contribution in [0, 0.1) is 0 Å². The molecule has 0 amide bonds. The van der Waals surface area contributed by atoms with Gasteiger partial charge in [0.05, 0.1) is 23.3 Å². The van der Waals surface area contributed by atoms with E-state index < -0.39 is 0 Å². The van der Waals surface area contributed by atoms with Crippen LogP contribution < -0.4 is 0 Å². The Labute approximate surface area is 87.8 Å². The third-order valence-electron chi connectivity index (χ3n) is 1.90. The lowest BCUT2D eigenvalue weighted by Crippen LogP contribution is -1.87. The number of aliphatic hydroxyl groups is 1. The first-order valence-corrected chi connectivity index (χ1v) is 4.82. The van der Waals surface area contributed by atoms with Crippen molar-refractivity contribution in [3.63, 3.8) is 0 Å². The minimum Gasteiger partial charge on any atom is -0.392 e. The highest BCUT2D eigenvalue weighted by Crippen LogP contribution is 2.31. The van der Waals surface area contributed by atoms with Gasteiger partial charge in [0.1, 0.15) is 0 Å². The quantitative estimate of drug-likeness (QED) is 0.828. The summed E-state index contributed by atoms with van der Waals surface area (Å²) in [6.07, 6.45) is 1.65. The molecule has 3 nitrogen and oxygen atoms in total. The zero-order chi connectivity index (χ0) is 9.42. The zero-order valence-corrected chi connectivity index (χ0v) is 8.85. The second-order valence-electron chi connectivity index (χ2n) is 2.64. The summed E-state index contributed by atoms with van der Waals surface area (Å²) in [7, 11) is 0. The average Bonchev–Trinajstić information content (AvgIpc) is 2.53. The molecule has 0 radical (unpaired) electrons. The number of aromatic nitrogens is 2. The Kier molecular flexibility index (Phi) is 2.27. The first-order valence-electron chi connectivity index (χ1n) is 3.65. The van der Waals surface area contributed by atoms with Crippen molar-refractivity contribution in [2.45, 2.75) is 6.61 Å². The van der Waals surface area contributed by atoms with Crippen LogP contribution in [0.15, 0.2) is 16.7 Å². The normalized spacial score (nSPS) is 11.0. The maximum absolute atomic E-state index is 9.11. The maximum Gasteiger partial charge on any atom is 0.0840 e. The molecular formula is C8H6BrClN2O. The second-order valence-corrected chi connectivity index (χ2v) is 3.90. The molecule has 0 aliphatic carbocycles. The molecule has 5 heteroatoms. The number of hydrogen-bond acceptors (Lipinski definition) is 2. The van der Waals surface area contributed by atoms with Gasteiger partial charge in [-0.1, -0.05) is 27.5 Å². The lowest BCUT2D eigenvalue weighted by molar-refractivity contribution is 0.282. The Hall–Kier alpha value is -0.580. The van der Waals surface area contributed by atoms with Crippen molar-refractivity contribution < 1.29 is 5.11 Å². The predicted octanol–water partition coefficient (Wildman–Crippen LogP) is 2.47. The van der Waals surface area contributed by atoms with Gasteiger partial charge in [-0.25, -0.2) is 0 Å². The molecule has 0 aliphatic heterocycles.